The van der Waals surface area contributed by atoms with E-state index in [1.807, 2.05) is 54.6 Å². The van der Waals surface area contributed by atoms with Gasteiger partial charge in [0.25, 0.3) is 5.22 Å². The Kier molecular flexibility index (Phi) is 5.80. The van der Waals surface area contributed by atoms with Gasteiger partial charge in [0.05, 0.1) is 24.2 Å². The first-order valence-electron chi connectivity index (χ1n) is 9.24. The molecule has 152 valence electrons. The van der Waals surface area contributed by atoms with Crippen molar-refractivity contribution in [2.75, 3.05) is 17.7 Å². The van der Waals surface area contributed by atoms with Gasteiger partial charge in [-0.05, 0) is 31.2 Å². The van der Waals surface area contributed by atoms with Crippen LogP contribution in [-0.2, 0) is 9.53 Å². The van der Waals surface area contributed by atoms with Gasteiger partial charge in [0.1, 0.15) is 11.1 Å². The Morgan fingerprint density at radius 2 is 1.90 bits per heavy atom. The van der Waals surface area contributed by atoms with E-state index in [2.05, 4.69) is 15.4 Å². The summed E-state index contributed by atoms with van der Waals surface area (Å²) < 4.78 is 12.2. The number of carbonyl (C=O) groups is 2. The number of ether oxygens (including phenoxy) is 1. The molecule has 30 heavy (non-hydrogen) atoms. The Morgan fingerprint density at radius 1 is 1.13 bits per heavy atom. The summed E-state index contributed by atoms with van der Waals surface area (Å²) in [6.45, 7) is 1.94. The molecule has 0 atom stereocenters. The summed E-state index contributed by atoms with van der Waals surface area (Å²) >= 11 is 1.17. The van der Waals surface area contributed by atoms with Crippen LogP contribution in [0.1, 0.15) is 17.3 Å². The lowest BCUT2D eigenvalue weighted by molar-refractivity contribution is -0.113. The lowest BCUT2D eigenvalue weighted by Gasteiger charge is -2.10. The highest BCUT2D eigenvalue weighted by Crippen LogP contribution is 2.25. The summed E-state index contributed by atoms with van der Waals surface area (Å²) in [5.41, 5.74) is 2.27. The first-order valence-corrected chi connectivity index (χ1v) is 10.2. The van der Waals surface area contributed by atoms with E-state index in [0.29, 0.717) is 16.5 Å². The Bertz CT molecular complexity index is 1150. The third-order valence-corrected chi connectivity index (χ3v) is 4.95. The van der Waals surface area contributed by atoms with E-state index in [9.17, 15) is 9.59 Å². The summed E-state index contributed by atoms with van der Waals surface area (Å²) in [5, 5.41) is 7.42. The molecule has 2 aromatic carbocycles. The molecular formula is C21H18N4O4S. The Balaban J connectivity index is 1.53. The number of hydrogen-bond donors (Lipinski definition) is 1. The molecule has 8 nitrogen and oxygen atoms in total. The van der Waals surface area contributed by atoms with Gasteiger partial charge in [-0.1, -0.05) is 42.1 Å². The molecule has 0 spiro atoms. The van der Waals surface area contributed by atoms with Crippen molar-refractivity contribution in [1.29, 1.82) is 0 Å². The molecule has 0 aliphatic rings. The molecule has 4 rings (SSSR count). The first-order chi connectivity index (χ1) is 14.7. The molecule has 1 N–H and O–H groups in total. The van der Waals surface area contributed by atoms with Crippen molar-refractivity contribution in [1.82, 2.24) is 14.8 Å². The van der Waals surface area contributed by atoms with Gasteiger partial charge in [-0.2, -0.15) is 5.10 Å². The zero-order chi connectivity index (χ0) is 20.9. The second kappa shape index (κ2) is 8.83. The molecule has 0 fully saturated rings. The predicted octanol–water partition coefficient (Wildman–Crippen LogP) is 3.92. The monoisotopic (exact) mass is 422 g/mol. The highest BCUT2D eigenvalue weighted by molar-refractivity contribution is 7.99. The number of hydrogen-bond acceptors (Lipinski definition) is 7. The molecule has 0 aliphatic carbocycles. The summed E-state index contributed by atoms with van der Waals surface area (Å²) in [5.74, 6) is -0.579. The predicted molar refractivity (Wildman–Crippen MR) is 113 cm³/mol. The largest absolute Gasteiger partial charge is 0.462 e. The first kappa shape index (κ1) is 19.7. The highest BCUT2D eigenvalue weighted by Gasteiger charge is 2.22. The van der Waals surface area contributed by atoms with Gasteiger partial charge in [-0.25, -0.2) is 14.5 Å². The van der Waals surface area contributed by atoms with Crippen LogP contribution in [-0.4, -0.2) is 39.0 Å². The summed E-state index contributed by atoms with van der Waals surface area (Å²) in [6.07, 6.45) is 1.38. The van der Waals surface area contributed by atoms with Gasteiger partial charge >= 0.3 is 5.97 Å². The summed E-state index contributed by atoms with van der Waals surface area (Å²) in [4.78, 5) is 29.3. The number of para-hydroxylation sites is 3. The number of oxazole rings is 1. The van der Waals surface area contributed by atoms with Gasteiger partial charge in [-0.15, -0.1) is 0 Å². The van der Waals surface area contributed by atoms with E-state index in [1.54, 1.807) is 6.92 Å². The number of thioether (sulfide) groups is 1. The van der Waals surface area contributed by atoms with Crippen LogP contribution in [0, 0.1) is 0 Å². The normalized spacial score (nSPS) is 10.8. The van der Waals surface area contributed by atoms with Gasteiger partial charge in [0, 0.05) is 0 Å². The molecule has 0 aliphatic heterocycles. The van der Waals surface area contributed by atoms with Crippen molar-refractivity contribution in [3.05, 3.63) is 66.4 Å². The fourth-order valence-corrected chi connectivity index (χ4v) is 3.44. The van der Waals surface area contributed by atoms with E-state index in [1.165, 1.54) is 22.6 Å². The fraction of sp³-hybridized carbons (Fsp3) is 0.143. The number of aromatic nitrogens is 3. The molecular weight excluding hydrogens is 404 g/mol. The minimum Gasteiger partial charge on any atom is -0.462 e. The van der Waals surface area contributed by atoms with E-state index in [4.69, 9.17) is 9.15 Å². The van der Waals surface area contributed by atoms with Crippen molar-refractivity contribution in [3.63, 3.8) is 0 Å². The summed E-state index contributed by atoms with van der Waals surface area (Å²) in [6, 6.07) is 16.6. The molecule has 0 saturated carbocycles. The average molecular weight is 422 g/mol. The SMILES string of the molecule is CCOC(=O)c1cnn(-c2ccccc2)c1NC(=O)CSc1nc2ccccc2o1. The van der Waals surface area contributed by atoms with E-state index in [0.717, 1.165) is 5.52 Å². The number of fused-ring (bicyclic) bond motifs is 1. The molecule has 9 heteroatoms. The quantitative estimate of drug-likeness (QED) is 0.356. The van der Waals surface area contributed by atoms with Gasteiger partial charge in [0.15, 0.2) is 11.4 Å². The zero-order valence-electron chi connectivity index (χ0n) is 16.1. The van der Waals surface area contributed by atoms with Crippen molar-refractivity contribution >= 4 is 40.6 Å². The number of nitrogens with zero attached hydrogens (tertiary/aromatic N) is 3. The van der Waals surface area contributed by atoms with Crippen molar-refractivity contribution in [2.45, 2.75) is 12.1 Å². The lowest BCUT2D eigenvalue weighted by atomic mass is 10.3. The lowest BCUT2D eigenvalue weighted by Crippen LogP contribution is -2.19. The minimum absolute atomic E-state index is 0.0507. The van der Waals surface area contributed by atoms with Crippen LogP contribution in [0.4, 0.5) is 5.82 Å². The highest BCUT2D eigenvalue weighted by atomic mass is 32.2. The maximum atomic E-state index is 12.6. The number of carbonyl (C=O) groups excluding carboxylic acids is 2. The molecule has 0 radical (unpaired) electrons. The van der Waals surface area contributed by atoms with Crippen molar-refractivity contribution in [2.24, 2.45) is 0 Å². The number of rotatable bonds is 7. The summed E-state index contributed by atoms with van der Waals surface area (Å²) in [7, 11) is 0. The molecule has 0 saturated heterocycles. The van der Waals surface area contributed by atoms with Crippen molar-refractivity contribution < 1.29 is 18.7 Å². The van der Waals surface area contributed by atoms with E-state index in [-0.39, 0.29) is 29.6 Å². The van der Waals surface area contributed by atoms with Gasteiger partial charge < -0.3 is 14.5 Å². The Hall–Kier alpha value is -3.59. The number of amides is 1. The molecule has 2 aromatic heterocycles. The maximum absolute atomic E-state index is 12.6. The third-order valence-electron chi connectivity index (χ3n) is 4.12. The van der Waals surface area contributed by atoms with E-state index >= 15 is 0 Å². The number of nitrogens with one attached hydrogen (secondary N) is 1. The average Bonchev–Trinajstić information content (AvgIpc) is 3.37. The standard InChI is InChI=1S/C21H18N4O4S/c1-2-28-20(27)15-12-22-25(14-8-4-3-5-9-14)19(15)24-18(26)13-30-21-23-16-10-6-7-11-17(16)29-21/h3-12H,2,13H2,1H3,(H,24,26). The molecule has 1 amide bonds. The minimum atomic E-state index is -0.554. The molecule has 0 unspecified atom stereocenters. The number of anilines is 1. The smallest absolute Gasteiger partial charge is 0.343 e. The fourth-order valence-electron chi connectivity index (χ4n) is 2.80. The Morgan fingerprint density at radius 3 is 2.67 bits per heavy atom. The van der Waals surface area contributed by atoms with Crippen LogP contribution in [0.25, 0.3) is 16.8 Å². The second-order valence-electron chi connectivity index (χ2n) is 6.16. The second-order valence-corrected chi connectivity index (χ2v) is 7.09. The van der Waals surface area contributed by atoms with Crippen LogP contribution in [0.3, 0.4) is 0 Å². The molecule has 0 bridgehead atoms. The topological polar surface area (TPSA) is 99.2 Å². The van der Waals surface area contributed by atoms with E-state index < -0.39 is 5.97 Å². The van der Waals surface area contributed by atoms with Gasteiger partial charge in [0.2, 0.25) is 5.91 Å². The van der Waals surface area contributed by atoms with Crippen LogP contribution < -0.4 is 5.32 Å². The zero-order valence-corrected chi connectivity index (χ0v) is 16.9. The Labute approximate surface area is 176 Å². The maximum Gasteiger partial charge on any atom is 0.343 e. The van der Waals surface area contributed by atoms with Crippen LogP contribution in [0.15, 0.2) is 70.4 Å². The van der Waals surface area contributed by atoms with Crippen LogP contribution in [0.2, 0.25) is 0 Å². The van der Waals surface area contributed by atoms with Gasteiger partial charge in [-0.3, -0.25) is 4.79 Å². The molecule has 2 heterocycles. The van der Waals surface area contributed by atoms with Crippen LogP contribution in [0.5, 0.6) is 0 Å². The molecule has 4 aromatic rings. The van der Waals surface area contributed by atoms with Crippen molar-refractivity contribution in [3.8, 4) is 5.69 Å². The van der Waals surface area contributed by atoms with Crippen LogP contribution >= 0.6 is 11.8 Å². The number of esters is 1. The third kappa shape index (κ3) is 4.20. The number of benzene rings is 2.